The number of ether oxygens (including phenoxy) is 5. The fourth-order valence-electron chi connectivity index (χ4n) is 6.49. The second kappa shape index (κ2) is 21.8. The van der Waals surface area contributed by atoms with Crippen molar-refractivity contribution in [3.63, 3.8) is 0 Å². The molecule has 0 aliphatic carbocycles. The molecule has 4 heterocycles. The molecule has 11 N–H and O–H groups in total. The Morgan fingerprint density at radius 1 is 0.446 bits per heavy atom. The van der Waals surface area contributed by atoms with Gasteiger partial charge in [-0.05, 0) is 0 Å². The van der Waals surface area contributed by atoms with Gasteiger partial charge in [0.15, 0.2) is 24.6 Å². The molecule has 4 saturated heterocycles. The molecule has 4 aliphatic rings. The van der Waals surface area contributed by atoms with Gasteiger partial charge in [-0.1, -0.05) is 41.3 Å². The van der Waals surface area contributed by atoms with Crippen molar-refractivity contribution >= 4 is 24.8 Å². The Balaban J connectivity index is 1.31. The molecule has 324 valence electrons. The molecule has 24 nitrogen and oxygen atoms in total. The quantitative estimate of drug-likeness (QED) is 0.0495. The highest BCUT2D eigenvalue weighted by molar-refractivity contribution is 7.33. The molecule has 4 fully saturated rings. The predicted molar refractivity (Wildman–Crippen MR) is 181 cm³/mol. The predicted octanol–water partition coefficient (Wildman–Crippen LogP) is -2.69. The van der Waals surface area contributed by atoms with Crippen LogP contribution in [0.1, 0.15) is 27.7 Å². The third-order valence-corrected chi connectivity index (χ3v) is 12.5. The molecule has 56 heavy (non-hydrogen) atoms. The van der Waals surface area contributed by atoms with Crippen LogP contribution in [0.25, 0.3) is 0 Å². The summed E-state index contributed by atoms with van der Waals surface area (Å²) in [4.78, 5) is 0. The summed E-state index contributed by atoms with van der Waals surface area (Å²) in [5.41, 5.74) is 5.39. The van der Waals surface area contributed by atoms with Crippen LogP contribution >= 0.6 is 24.8 Å². The smallest absolute Gasteiger partial charge is 0.394 e. The van der Waals surface area contributed by atoms with E-state index in [9.17, 15) is 59.7 Å². The monoisotopic (exact) mass is 876 g/mol. The van der Waals surface area contributed by atoms with E-state index in [1.54, 1.807) is 6.92 Å². The fraction of sp³-hybridized carbons (Fsp3) is 1.00. The van der Waals surface area contributed by atoms with Crippen LogP contribution in [0.3, 0.4) is 0 Å². The molecule has 4 rings (SSSR count). The summed E-state index contributed by atoms with van der Waals surface area (Å²) in [6.45, 7) is 2.52. The average Bonchev–Trinajstić information content (AvgIpc) is 3.17. The third kappa shape index (κ3) is 11.2. The summed E-state index contributed by atoms with van der Waals surface area (Å²) in [6.07, 6.45) is -22.5. The SMILES string of the molecule is CC1[C@@H](O[P+](=O)O[C@@H]2C(CO)O[C@H](O[P+](=O)O[C@@H]3C(CO)O[C@H](O[P+](=O)O[C@@H]4C(CO)O[C@H](OCN)C(C)[C@H]4O)C(C)[C@H]3O)C(C)[C@H]2O)OC(CO)[C@@H](O)[C@@H]1O. The van der Waals surface area contributed by atoms with Gasteiger partial charge in [0.05, 0.1) is 57.6 Å². The average molecular weight is 877 g/mol. The van der Waals surface area contributed by atoms with E-state index < -0.39 is 173 Å². The Hall–Kier alpha value is -0.540. The van der Waals surface area contributed by atoms with E-state index >= 15 is 0 Å². The number of aliphatic hydroxyl groups is 9. The zero-order valence-electron chi connectivity index (χ0n) is 30.7. The van der Waals surface area contributed by atoms with Crippen molar-refractivity contribution < 1.29 is 110 Å². The minimum atomic E-state index is -3.23. The summed E-state index contributed by atoms with van der Waals surface area (Å²) >= 11 is 0. The van der Waals surface area contributed by atoms with Crippen LogP contribution in [0, 0.1) is 23.7 Å². The maximum Gasteiger partial charge on any atom is 0.700 e. The molecule has 27 heteroatoms. The van der Waals surface area contributed by atoms with Gasteiger partial charge in [-0.2, -0.15) is 0 Å². The van der Waals surface area contributed by atoms with Crippen LogP contribution in [0.4, 0.5) is 0 Å². The van der Waals surface area contributed by atoms with Gasteiger partial charge in [0.1, 0.15) is 30.5 Å². The lowest BCUT2D eigenvalue weighted by molar-refractivity contribution is -0.281. The van der Waals surface area contributed by atoms with Crippen molar-refractivity contribution in [1.82, 2.24) is 0 Å². The minimum absolute atomic E-state index is 0.232. The second-order valence-electron chi connectivity index (χ2n) is 13.8. The number of hydrogen-bond donors (Lipinski definition) is 10. The van der Waals surface area contributed by atoms with Gasteiger partial charge in [-0.15, -0.1) is 13.6 Å². The summed E-state index contributed by atoms with van der Waals surface area (Å²) in [7, 11) is -9.48. The lowest BCUT2D eigenvalue weighted by atomic mass is 9.92. The fourth-order valence-corrected chi connectivity index (χ4v) is 9.25. The first-order chi connectivity index (χ1) is 26.5. The van der Waals surface area contributed by atoms with E-state index in [2.05, 4.69) is 0 Å². The number of hydrogen-bond acceptors (Lipinski definition) is 24. The zero-order valence-corrected chi connectivity index (χ0v) is 33.4. The highest BCUT2D eigenvalue weighted by atomic mass is 31.1. The van der Waals surface area contributed by atoms with Gasteiger partial charge >= 0.3 is 24.8 Å². The number of nitrogens with two attached hydrogens (primary N) is 1. The van der Waals surface area contributed by atoms with E-state index in [1.165, 1.54) is 20.8 Å². The second-order valence-corrected chi connectivity index (χ2v) is 16.4. The van der Waals surface area contributed by atoms with Gasteiger partial charge in [0.2, 0.25) is 18.9 Å². The molecule has 0 amide bonds. The van der Waals surface area contributed by atoms with Crippen LogP contribution < -0.4 is 5.73 Å². The Bertz CT molecular complexity index is 1290. The molecular weight excluding hydrogens is 823 g/mol. The van der Waals surface area contributed by atoms with Gasteiger partial charge in [-0.3, -0.25) is 0 Å². The lowest BCUT2D eigenvalue weighted by Crippen LogP contribution is -2.57. The van der Waals surface area contributed by atoms with Crippen molar-refractivity contribution in [3.05, 3.63) is 0 Å². The van der Waals surface area contributed by atoms with E-state index in [-0.39, 0.29) is 6.73 Å². The highest BCUT2D eigenvalue weighted by Gasteiger charge is 2.57. The minimum Gasteiger partial charge on any atom is -0.394 e. The number of aliphatic hydroxyl groups excluding tert-OH is 9. The van der Waals surface area contributed by atoms with Crippen molar-refractivity contribution in [1.29, 1.82) is 0 Å². The Morgan fingerprint density at radius 2 is 0.732 bits per heavy atom. The van der Waals surface area contributed by atoms with Crippen molar-refractivity contribution in [2.75, 3.05) is 33.2 Å². The normalized spacial score (nSPS) is 45.6. The first-order valence-corrected chi connectivity index (χ1v) is 21.0. The summed E-state index contributed by atoms with van der Waals surface area (Å²) < 4.78 is 98.4. The van der Waals surface area contributed by atoms with Crippen LogP contribution in [0.15, 0.2) is 0 Å². The van der Waals surface area contributed by atoms with Gasteiger partial charge in [-0.25, -0.2) is 0 Å². The summed E-state index contributed by atoms with van der Waals surface area (Å²) in [5, 5.41) is 92.3. The van der Waals surface area contributed by atoms with Crippen LogP contribution in [-0.4, -0.2) is 178 Å². The molecule has 0 radical (unpaired) electrons. The third-order valence-electron chi connectivity index (χ3n) is 10.1. The molecule has 4 aliphatic heterocycles. The van der Waals surface area contributed by atoms with Crippen molar-refractivity contribution in [3.8, 4) is 0 Å². The first-order valence-electron chi connectivity index (χ1n) is 17.7. The van der Waals surface area contributed by atoms with E-state index in [0.29, 0.717) is 0 Å². The molecule has 0 bridgehead atoms. The van der Waals surface area contributed by atoms with Gasteiger partial charge in [0, 0.05) is 37.4 Å². The maximum atomic E-state index is 13.1. The number of rotatable bonds is 18. The molecule has 0 aromatic heterocycles. The Kier molecular flexibility index (Phi) is 18.8. The molecule has 11 unspecified atom stereocenters. The first kappa shape index (κ1) is 48.1. The van der Waals surface area contributed by atoms with Crippen LogP contribution in [0.5, 0.6) is 0 Å². The summed E-state index contributed by atoms with van der Waals surface area (Å²) in [6, 6.07) is 0. The van der Waals surface area contributed by atoms with Crippen LogP contribution in [-0.2, 0) is 64.5 Å². The lowest BCUT2D eigenvalue weighted by Gasteiger charge is -2.40. The summed E-state index contributed by atoms with van der Waals surface area (Å²) in [5.74, 6) is -3.81. The molecule has 0 spiro atoms. The highest BCUT2D eigenvalue weighted by Crippen LogP contribution is 2.45. The topological polar surface area (TPSA) is 361 Å². The van der Waals surface area contributed by atoms with Gasteiger partial charge < -0.3 is 75.4 Å². The zero-order chi connectivity index (χ0) is 41.6. The van der Waals surface area contributed by atoms with Crippen LogP contribution in [0.2, 0.25) is 0 Å². The largest absolute Gasteiger partial charge is 0.700 e. The van der Waals surface area contributed by atoms with Crippen molar-refractivity contribution in [2.24, 2.45) is 29.4 Å². The van der Waals surface area contributed by atoms with E-state index in [1.807, 2.05) is 0 Å². The van der Waals surface area contributed by atoms with Crippen molar-refractivity contribution in [2.45, 2.75) is 126 Å². The van der Waals surface area contributed by atoms with E-state index in [0.717, 1.165) is 0 Å². The molecule has 23 atom stereocenters. The maximum absolute atomic E-state index is 13.1. The van der Waals surface area contributed by atoms with E-state index in [4.69, 9.17) is 56.6 Å². The molecular formula is C29H53NO23P3+3. The standard InChI is InChI=1S/C29H53NO23P3/c1-10-18(35)22(39)14(5-31)44-27(10)51-54(40)49-24-16(7-33)46-29(12(3)20(24)37)53-56(42)50-25-17(8-34)47-28(13(4)21(25)38)52-55(41)48-23-15(6-32)45-26(43-9-30)11(2)19(23)36/h10-29,31-39H,5-9,30H2,1-4H3/q+3/t10?,11?,12?,13?,14?,15?,16?,17?,18-,19-,20-,21-,22-,23-,24-,25-,26+,27-,28-,29-/m1/s1. The molecule has 0 saturated carbocycles. The molecule has 0 aromatic rings. The Morgan fingerprint density at radius 3 is 1.05 bits per heavy atom. The Labute approximate surface area is 323 Å². The van der Waals surface area contributed by atoms with Gasteiger partial charge in [0.25, 0.3) is 0 Å². The molecule has 0 aromatic carbocycles.